The first kappa shape index (κ1) is 19.5. The van der Waals surface area contributed by atoms with Gasteiger partial charge in [0.1, 0.15) is 5.69 Å². The second-order valence-corrected chi connectivity index (χ2v) is 5.49. The number of hydrogen-bond donors (Lipinski definition) is 2. The van der Waals surface area contributed by atoms with Crippen LogP contribution in [0.15, 0.2) is 12.3 Å². The fourth-order valence-electron chi connectivity index (χ4n) is 2.17. The van der Waals surface area contributed by atoms with Crippen LogP contribution < -0.4 is 10.6 Å². The van der Waals surface area contributed by atoms with Crippen molar-refractivity contribution >= 4 is 17.5 Å². The number of carbonyl (C=O) groups excluding carboxylic acids is 2. The molecule has 0 saturated heterocycles. The van der Waals surface area contributed by atoms with Crippen LogP contribution in [0.2, 0.25) is 0 Å². The molecule has 2 aromatic rings. The fraction of sp³-hybridized carbons (Fsp3) is 0.467. The van der Waals surface area contributed by atoms with Gasteiger partial charge >= 0.3 is 6.18 Å². The summed E-state index contributed by atoms with van der Waals surface area (Å²) in [4.78, 5) is 24.5. The number of anilines is 1. The number of rotatable bonds is 6. The van der Waals surface area contributed by atoms with Gasteiger partial charge in [0.05, 0.1) is 5.69 Å². The Morgan fingerprint density at radius 2 is 1.88 bits per heavy atom. The molecule has 0 atom stereocenters. The predicted molar refractivity (Wildman–Crippen MR) is 86.7 cm³/mol. The van der Waals surface area contributed by atoms with E-state index in [4.69, 9.17) is 0 Å². The van der Waals surface area contributed by atoms with Crippen molar-refractivity contribution in [1.29, 1.82) is 0 Å². The molecule has 2 N–H and O–H groups in total. The van der Waals surface area contributed by atoms with Crippen LogP contribution in [0.25, 0.3) is 0 Å². The molecule has 2 aromatic heterocycles. The second-order valence-electron chi connectivity index (χ2n) is 5.49. The SMILES string of the molecule is CCCNC(=O)c1nn(CC)cc1NC(=O)c1cc(C(F)(F)F)nn1C. The topological polar surface area (TPSA) is 93.8 Å². The summed E-state index contributed by atoms with van der Waals surface area (Å²) in [7, 11) is 1.23. The zero-order valence-electron chi connectivity index (χ0n) is 14.5. The third kappa shape index (κ3) is 4.21. The van der Waals surface area contributed by atoms with Gasteiger partial charge in [0.25, 0.3) is 11.8 Å². The summed E-state index contributed by atoms with van der Waals surface area (Å²) >= 11 is 0. The van der Waals surface area contributed by atoms with E-state index >= 15 is 0 Å². The molecule has 26 heavy (non-hydrogen) atoms. The fourth-order valence-corrected chi connectivity index (χ4v) is 2.17. The number of nitrogens with one attached hydrogen (secondary N) is 2. The van der Waals surface area contributed by atoms with Crippen LogP contribution >= 0.6 is 0 Å². The highest BCUT2D eigenvalue weighted by molar-refractivity contribution is 6.07. The van der Waals surface area contributed by atoms with Crippen molar-refractivity contribution in [2.24, 2.45) is 7.05 Å². The van der Waals surface area contributed by atoms with Gasteiger partial charge in [0.15, 0.2) is 11.4 Å². The average molecular weight is 372 g/mol. The van der Waals surface area contributed by atoms with Crippen LogP contribution in [0.5, 0.6) is 0 Å². The molecule has 0 unspecified atom stereocenters. The molecule has 0 aliphatic carbocycles. The zero-order valence-corrected chi connectivity index (χ0v) is 14.5. The van der Waals surface area contributed by atoms with Crippen LogP contribution in [0.4, 0.5) is 18.9 Å². The van der Waals surface area contributed by atoms with E-state index in [2.05, 4.69) is 20.8 Å². The minimum Gasteiger partial charge on any atom is -0.351 e. The summed E-state index contributed by atoms with van der Waals surface area (Å²) in [5.41, 5.74) is -1.36. The minimum atomic E-state index is -4.66. The van der Waals surface area contributed by atoms with Gasteiger partial charge in [-0.2, -0.15) is 23.4 Å². The lowest BCUT2D eigenvalue weighted by Crippen LogP contribution is -2.26. The van der Waals surface area contributed by atoms with E-state index in [0.29, 0.717) is 19.2 Å². The molecular weight excluding hydrogens is 353 g/mol. The van der Waals surface area contributed by atoms with E-state index < -0.39 is 23.7 Å². The molecule has 0 fully saturated rings. The smallest absolute Gasteiger partial charge is 0.351 e. The molecule has 8 nitrogen and oxygen atoms in total. The van der Waals surface area contributed by atoms with E-state index in [1.165, 1.54) is 17.9 Å². The summed E-state index contributed by atoms with van der Waals surface area (Å²) in [6.07, 6.45) is -2.49. The molecule has 2 heterocycles. The van der Waals surface area contributed by atoms with Gasteiger partial charge in [-0.05, 0) is 13.3 Å². The number of carbonyl (C=O) groups is 2. The van der Waals surface area contributed by atoms with Crippen molar-refractivity contribution < 1.29 is 22.8 Å². The molecule has 0 bridgehead atoms. The maximum atomic E-state index is 12.7. The Balaban J connectivity index is 2.27. The maximum absolute atomic E-state index is 12.7. The van der Waals surface area contributed by atoms with Crippen LogP contribution in [0.3, 0.4) is 0 Å². The van der Waals surface area contributed by atoms with E-state index in [9.17, 15) is 22.8 Å². The van der Waals surface area contributed by atoms with Gasteiger partial charge in [-0.25, -0.2) is 0 Å². The van der Waals surface area contributed by atoms with Crippen molar-refractivity contribution in [2.75, 3.05) is 11.9 Å². The van der Waals surface area contributed by atoms with Gasteiger partial charge in [-0.1, -0.05) is 6.92 Å². The van der Waals surface area contributed by atoms with E-state index in [1.807, 2.05) is 6.92 Å². The number of amides is 2. The Labute approximate surface area is 147 Å². The number of hydrogen-bond acceptors (Lipinski definition) is 4. The Morgan fingerprint density at radius 3 is 2.42 bits per heavy atom. The van der Waals surface area contributed by atoms with Crippen molar-refractivity contribution in [3.63, 3.8) is 0 Å². The largest absolute Gasteiger partial charge is 0.435 e. The minimum absolute atomic E-state index is 0.00753. The highest BCUT2D eigenvalue weighted by Crippen LogP contribution is 2.28. The van der Waals surface area contributed by atoms with Gasteiger partial charge in [0.2, 0.25) is 0 Å². The molecule has 0 aliphatic rings. The summed E-state index contributed by atoms with van der Waals surface area (Å²) in [5.74, 6) is -1.30. The zero-order chi connectivity index (χ0) is 19.5. The van der Waals surface area contributed by atoms with Crippen molar-refractivity contribution in [1.82, 2.24) is 24.9 Å². The molecule has 0 spiro atoms. The first-order chi connectivity index (χ1) is 12.2. The molecular formula is C15H19F3N6O2. The lowest BCUT2D eigenvalue weighted by molar-refractivity contribution is -0.141. The summed E-state index contributed by atoms with van der Waals surface area (Å²) in [6, 6.07) is 0.649. The molecule has 11 heteroatoms. The van der Waals surface area contributed by atoms with Gasteiger partial charge < -0.3 is 10.6 Å². The lowest BCUT2D eigenvalue weighted by atomic mass is 10.3. The molecule has 0 aromatic carbocycles. The Bertz CT molecular complexity index is 809. The van der Waals surface area contributed by atoms with Crippen molar-refractivity contribution in [2.45, 2.75) is 33.0 Å². The average Bonchev–Trinajstić information content (AvgIpc) is 3.15. The van der Waals surface area contributed by atoms with Crippen molar-refractivity contribution in [3.8, 4) is 0 Å². The highest BCUT2D eigenvalue weighted by Gasteiger charge is 2.35. The molecule has 2 rings (SSSR count). The predicted octanol–water partition coefficient (Wildman–Crippen LogP) is 2.05. The number of aryl methyl sites for hydroxylation is 2. The van der Waals surface area contributed by atoms with Crippen LogP contribution in [0, 0.1) is 0 Å². The Morgan fingerprint density at radius 1 is 1.19 bits per heavy atom. The standard InChI is InChI=1S/C15H19F3N6O2/c1-4-6-19-14(26)12-9(8-24(5-2)22-12)20-13(25)10-7-11(15(16,17)18)21-23(10)3/h7-8H,4-6H2,1-3H3,(H,19,26)(H,20,25). The first-order valence-corrected chi connectivity index (χ1v) is 7.95. The van der Waals surface area contributed by atoms with Gasteiger partial charge in [-0.15, -0.1) is 0 Å². The number of alkyl halides is 3. The normalized spacial score (nSPS) is 11.5. The first-order valence-electron chi connectivity index (χ1n) is 7.95. The van der Waals surface area contributed by atoms with E-state index in [1.54, 1.807) is 6.92 Å². The lowest BCUT2D eigenvalue weighted by Gasteiger charge is -2.06. The summed E-state index contributed by atoms with van der Waals surface area (Å²) < 4.78 is 40.5. The van der Waals surface area contributed by atoms with Crippen LogP contribution in [0.1, 0.15) is 46.9 Å². The molecule has 0 saturated carbocycles. The van der Waals surface area contributed by atoms with E-state index in [-0.39, 0.29) is 17.1 Å². The molecule has 2 amide bonds. The highest BCUT2D eigenvalue weighted by atomic mass is 19.4. The molecule has 142 valence electrons. The van der Waals surface area contributed by atoms with Gasteiger partial charge in [0, 0.05) is 32.4 Å². The number of halogens is 3. The summed E-state index contributed by atoms with van der Waals surface area (Å²) in [6.45, 7) is 4.56. The van der Waals surface area contributed by atoms with Crippen LogP contribution in [-0.2, 0) is 19.8 Å². The summed E-state index contributed by atoms with van der Waals surface area (Å²) in [5, 5.41) is 12.5. The van der Waals surface area contributed by atoms with Crippen molar-refractivity contribution in [3.05, 3.63) is 29.3 Å². The van der Waals surface area contributed by atoms with Crippen LogP contribution in [-0.4, -0.2) is 37.9 Å². The quantitative estimate of drug-likeness (QED) is 0.812. The number of nitrogens with zero attached hydrogens (tertiary/aromatic N) is 4. The molecule has 0 radical (unpaired) electrons. The number of aromatic nitrogens is 4. The van der Waals surface area contributed by atoms with E-state index in [0.717, 1.165) is 11.1 Å². The third-order valence-corrected chi connectivity index (χ3v) is 3.49. The monoisotopic (exact) mass is 372 g/mol. The third-order valence-electron chi connectivity index (χ3n) is 3.49. The van der Waals surface area contributed by atoms with Gasteiger partial charge in [-0.3, -0.25) is 19.0 Å². The second kappa shape index (κ2) is 7.58. The maximum Gasteiger partial charge on any atom is 0.435 e. The molecule has 0 aliphatic heterocycles. The Kier molecular flexibility index (Phi) is 5.68. The Hall–Kier alpha value is -2.85.